The monoisotopic (exact) mass is 234 g/mol. The summed E-state index contributed by atoms with van der Waals surface area (Å²) in [7, 11) is 0. The largest absolute Gasteiger partial charge is 0.372 e. The summed E-state index contributed by atoms with van der Waals surface area (Å²) in [6, 6.07) is 8.65. The topological polar surface area (TPSA) is 38.5 Å². The molecule has 94 valence electrons. The molecule has 2 rings (SSSR count). The van der Waals surface area contributed by atoms with Crippen LogP contribution in [-0.4, -0.2) is 25.3 Å². The minimum absolute atomic E-state index is 0.103. The lowest BCUT2D eigenvalue weighted by molar-refractivity contribution is -0.00521. The molecule has 2 unspecified atom stereocenters. The minimum Gasteiger partial charge on any atom is -0.372 e. The van der Waals surface area contributed by atoms with Gasteiger partial charge in [0.2, 0.25) is 0 Å². The van der Waals surface area contributed by atoms with Crippen molar-refractivity contribution in [1.82, 2.24) is 0 Å². The van der Waals surface area contributed by atoms with Crippen LogP contribution in [0.25, 0.3) is 0 Å². The Morgan fingerprint density at radius 1 is 1.18 bits per heavy atom. The number of hydrogen-bond donors (Lipinski definition) is 1. The average Bonchev–Trinajstić information content (AvgIpc) is 2.28. The Kier molecular flexibility index (Phi) is 3.69. The Morgan fingerprint density at radius 2 is 1.71 bits per heavy atom. The van der Waals surface area contributed by atoms with Gasteiger partial charge in [0.1, 0.15) is 0 Å². The molecule has 1 saturated heterocycles. The normalized spacial score (nSPS) is 26.9. The van der Waals surface area contributed by atoms with Crippen LogP contribution in [0.1, 0.15) is 32.4 Å². The van der Waals surface area contributed by atoms with Gasteiger partial charge in [-0.25, -0.2) is 0 Å². The van der Waals surface area contributed by atoms with Crippen LogP contribution >= 0.6 is 0 Å². The number of morpholine rings is 1. The van der Waals surface area contributed by atoms with E-state index >= 15 is 0 Å². The van der Waals surface area contributed by atoms with Gasteiger partial charge in [-0.05, 0) is 38.5 Å². The van der Waals surface area contributed by atoms with Crippen molar-refractivity contribution >= 4 is 5.69 Å². The fourth-order valence-electron chi connectivity index (χ4n) is 2.38. The van der Waals surface area contributed by atoms with Crippen LogP contribution in [0, 0.1) is 0 Å². The molecule has 2 N–H and O–H groups in total. The molecule has 1 aromatic rings. The Labute approximate surface area is 104 Å². The van der Waals surface area contributed by atoms with E-state index in [1.165, 1.54) is 11.3 Å². The van der Waals surface area contributed by atoms with Crippen molar-refractivity contribution in [3.63, 3.8) is 0 Å². The summed E-state index contributed by atoms with van der Waals surface area (Å²) in [5, 5.41) is 0. The van der Waals surface area contributed by atoms with Crippen LogP contribution in [0.4, 0.5) is 5.69 Å². The van der Waals surface area contributed by atoms with E-state index in [1.807, 2.05) is 6.92 Å². The van der Waals surface area contributed by atoms with Gasteiger partial charge < -0.3 is 15.4 Å². The molecule has 0 amide bonds. The van der Waals surface area contributed by atoms with Gasteiger partial charge in [0, 0.05) is 24.8 Å². The summed E-state index contributed by atoms with van der Waals surface area (Å²) in [5.41, 5.74) is 8.30. The van der Waals surface area contributed by atoms with Crippen molar-refractivity contribution in [2.45, 2.75) is 39.0 Å². The number of benzene rings is 1. The van der Waals surface area contributed by atoms with Crippen molar-refractivity contribution < 1.29 is 4.74 Å². The van der Waals surface area contributed by atoms with Crippen LogP contribution in [0.5, 0.6) is 0 Å². The SMILES string of the molecule is CC1CN(c2ccc([C@@H](C)N)cc2)CC(C)O1. The molecule has 0 spiro atoms. The highest BCUT2D eigenvalue weighted by Gasteiger charge is 2.22. The molecule has 0 saturated carbocycles. The van der Waals surface area contributed by atoms with Gasteiger partial charge >= 0.3 is 0 Å². The summed E-state index contributed by atoms with van der Waals surface area (Å²) in [5.74, 6) is 0. The molecule has 3 nitrogen and oxygen atoms in total. The maximum atomic E-state index is 5.85. The zero-order chi connectivity index (χ0) is 12.4. The predicted octanol–water partition coefficient (Wildman–Crippen LogP) is 2.32. The smallest absolute Gasteiger partial charge is 0.0726 e. The lowest BCUT2D eigenvalue weighted by Crippen LogP contribution is -2.45. The predicted molar refractivity (Wildman–Crippen MR) is 71.3 cm³/mol. The van der Waals surface area contributed by atoms with Crippen LogP contribution in [-0.2, 0) is 4.74 Å². The van der Waals surface area contributed by atoms with Gasteiger partial charge in [-0.1, -0.05) is 12.1 Å². The van der Waals surface area contributed by atoms with Crippen molar-refractivity contribution in [2.24, 2.45) is 5.73 Å². The lowest BCUT2D eigenvalue weighted by Gasteiger charge is -2.37. The van der Waals surface area contributed by atoms with Gasteiger partial charge in [0.25, 0.3) is 0 Å². The average molecular weight is 234 g/mol. The Balaban J connectivity index is 2.11. The highest BCUT2D eigenvalue weighted by Crippen LogP contribution is 2.22. The summed E-state index contributed by atoms with van der Waals surface area (Å²) >= 11 is 0. The fraction of sp³-hybridized carbons (Fsp3) is 0.571. The second kappa shape index (κ2) is 5.07. The Bertz CT molecular complexity index is 351. The second-order valence-electron chi connectivity index (χ2n) is 5.04. The van der Waals surface area contributed by atoms with E-state index in [0.29, 0.717) is 12.2 Å². The van der Waals surface area contributed by atoms with Crippen molar-refractivity contribution in [1.29, 1.82) is 0 Å². The van der Waals surface area contributed by atoms with E-state index in [1.54, 1.807) is 0 Å². The molecular weight excluding hydrogens is 212 g/mol. The number of rotatable bonds is 2. The zero-order valence-corrected chi connectivity index (χ0v) is 10.9. The third-order valence-electron chi connectivity index (χ3n) is 3.20. The first-order chi connectivity index (χ1) is 8.06. The molecule has 0 aromatic heterocycles. The number of nitrogens with two attached hydrogens (primary N) is 1. The van der Waals surface area contributed by atoms with Gasteiger partial charge in [-0.15, -0.1) is 0 Å². The summed E-state index contributed by atoms with van der Waals surface area (Å²) in [6.45, 7) is 8.18. The Hall–Kier alpha value is -1.06. The minimum atomic E-state index is 0.103. The maximum Gasteiger partial charge on any atom is 0.0726 e. The van der Waals surface area contributed by atoms with Crippen molar-refractivity contribution in [2.75, 3.05) is 18.0 Å². The van der Waals surface area contributed by atoms with E-state index in [4.69, 9.17) is 10.5 Å². The van der Waals surface area contributed by atoms with Crippen LogP contribution in [0.3, 0.4) is 0 Å². The molecule has 0 bridgehead atoms. The van der Waals surface area contributed by atoms with Crippen molar-refractivity contribution in [3.05, 3.63) is 29.8 Å². The molecule has 1 heterocycles. The molecule has 17 heavy (non-hydrogen) atoms. The Morgan fingerprint density at radius 3 is 2.18 bits per heavy atom. The standard InChI is InChI=1S/C14H22N2O/c1-10-8-16(9-11(2)17-10)14-6-4-13(5-7-14)12(3)15/h4-7,10-12H,8-9,15H2,1-3H3/t10?,11?,12-/m1/s1. The molecule has 1 aliphatic rings. The van der Waals surface area contributed by atoms with E-state index in [-0.39, 0.29) is 6.04 Å². The number of ether oxygens (including phenoxy) is 1. The third kappa shape index (κ3) is 2.99. The fourth-order valence-corrected chi connectivity index (χ4v) is 2.38. The molecular formula is C14H22N2O. The molecule has 0 aliphatic carbocycles. The van der Waals surface area contributed by atoms with E-state index in [2.05, 4.69) is 43.0 Å². The summed E-state index contributed by atoms with van der Waals surface area (Å²) in [4.78, 5) is 2.38. The van der Waals surface area contributed by atoms with Gasteiger partial charge in [0.05, 0.1) is 12.2 Å². The van der Waals surface area contributed by atoms with Gasteiger partial charge in [0.15, 0.2) is 0 Å². The first kappa shape index (κ1) is 12.4. The number of anilines is 1. The maximum absolute atomic E-state index is 5.85. The van der Waals surface area contributed by atoms with Gasteiger partial charge in [-0.3, -0.25) is 0 Å². The molecule has 3 atom stereocenters. The molecule has 0 radical (unpaired) electrons. The van der Waals surface area contributed by atoms with E-state index in [9.17, 15) is 0 Å². The molecule has 1 aromatic carbocycles. The van der Waals surface area contributed by atoms with Crippen LogP contribution in [0.2, 0.25) is 0 Å². The lowest BCUT2D eigenvalue weighted by atomic mass is 10.1. The van der Waals surface area contributed by atoms with Gasteiger partial charge in [-0.2, -0.15) is 0 Å². The van der Waals surface area contributed by atoms with Crippen LogP contribution in [0.15, 0.2) is 24.3 Å². The summed E-state index contributed by atoms with van der Waals surface area (Å²) < 4.78 is 5.74. The first-order valence-corrected chi connectivity index (χ1v) is 6.32. The first-order valence-electron chi connectivity index (χ1n) is 6.32. The van der Waals surface area contributed by atoms with Crippen LogP contribution < -0.4 is 10.6 Å². The number of nitrogens with zero attached hydrogens (tertiary/aromatic N) is 1. The quantitative estimate of drug-likeness (QED) is 0.853. The van der Waals surface area contributed by atoms with E-state index in [0.717, 1.165) is 13.1 Å². The molecule has 1 fully saturated rings. The highest BCUT2D eigenvalue weighted by molar-refractivity contribution is 5.48. The molecule has 3 heteroatoms. The summed E-state index contributed by atoms with van der Waals surface area (Å²) in [6.07, 6.45) is 0.596. The number of hydrogen-bond acceptors (Lipinski definition) is 3. The van der Waals surface area contributed by atoms with E-state index < -0.39 is 0 Å². The second-order valence-corrected chi connectivity index (χ2v) is 5.04. The molecule has 1 aliphatic heterocycles. The third-order valence-corrected chi connectivity index (χ3v) is 3.20. The zero-order valence-electron chi connectivity index (χ0n) is 10.9. The highest BCUT2D eigenvalue weighted by atomic mass is 16.5. The van der Waals surface area contributed by atoms with Crippen molar-refractivity contribution in [3.8, 4) is 0 Å².